The molecule has 0 saturated carbocycles. The van der Waals surface area contributed by atoms with Gasteiger partial charge in [0.2, 0.25) is 5.95 Å². The average molecular weight is 830 g/mol. The highest BCUT2D eigenvalue weighted by Gasteiger charge is 2.22. The maximum atomic E-state index is 5.35. The van der Waals surface area contributed by atoms with E-state index >= 15 is 0 Å². The van der Waals surface area contributed by atoms with E-state index in [0.29, 0.717) is 11.8 Å². The lowest BCUT2D eigenvalue weighted by Crippen LogP contribution is -2.24. The van der Waals surface area contributed by atoms with E-state index in [1.165, 1.54) is 41.7 Å². The second-order valence-corrected chi connectivity index (χ2v) is 17.2. The minimum absolute atomic E-state index is 0.0459. The Bertz CT molecular complexity index is 3620. The summed E-state index contributed by atoms with van der Waals surface area (Å²) in [6.45, 7) is 12.3. The number of benzene rings is 5. The van der Waals surface area contributed by atoms with Crippen molar-refractivity contribution in [2.75, 3.05) is 0 Å². The highest BCUT2D eigenvalue weighted by atomic mass is 32.1. The number of hydrogen-bond donors (Lipinski definition) is 0. The minimum Gasteiger partial charge on any atom is -0.309 e. The molecule has 5 nitrogen and oxygen atoms in total. The molecular weight excluding hydrogens is 787 g/mol. The van der Waals surface area contributed by atoms with E-state index in [4.69, 9.17) is 15.0 Å². The van der Waals surface area contributed by atoms with Crippen LogP contribution in [0.3, 0.4) is 0 Å². The second-order valence-electron chi connectivity index (χ2n) is 16.1. The summed E-state index contributed by atoms with van der Waals surface area (Å²) in [5, 5.41) is 6.12. The third kappa shape index (κ3) is 6.95. The Kier molecular flexibility index (Phi) is 9.71. The maximum Gasteiger partial charge on any atom is 0.238 e. The summed E-state index contributed by atoms with van der Waals surface area (Å²) in [4.78, 5) is 16.0. The number of thiophene rings is 1. The molecule has 0 aliphatic heterocycles. The van der Waals surface area contributed by atoms with Crippen LogP contribution in [0.15, 0.2) is 195 Å². The first-order valence-electron chi connectivity index (χ1n) is 21.4. The molecule has 0 N–H and O–H groups in total. The van der Waals surface area contributed by atoms with Crippen molar-refractivity contribution in [2.24, 2.45) is 0 Å². The van der Waals surface area contributed by atoms with Crippen molar-refractivity contribution >= 4 is 77.9 Å². The van der Waals surface area contributed by atoms with Crippen LogP contribution >= 0.6 is 11.3 Å². The number of fused-ring (bicyclic) bond motifs is 7. The molecule has 9 aromatic rings. The Balaban J connectivity index is 1.08. The molecule has 4 aromatic heterocycles. The van der Waals surface area contributed by atoms with Crippen molar-refractivity contribution < 1.29 is 0 Å². The van der Waals surface area contributed by atoms with Crippen LogP contribution in [0.4, 0.5) is 0 Å². The van der Waals surface area contributed by atoms with Crippen LogP contribution in [0.2, 0.25) is 0 Å². The zero-order chi connectivity index (χ0) is 42.4. The summed E-state index contributed by atoms with van der Waals surface area (Å²) < 4.78 is 7.04. The van der Waals surface area contributed by atoms with Crippen LogP contribution in [-0.2, 0) is 0 Å². The molecule has 0 bridgehead atoms. The zero-order valence-corrected chi connectivity index (χ0v) is 35.6. The van der Waals surface area contributed by atoms with E-state index in [1.807, 2.05) is 29.6 Å². The third-order valence-electron chi connectivity index (χ3n) is 12.2. The monoisotopic (exact) mass is 829 g/mol. The largest absolute Gasteiger partial charge is 0.309 e. The summed E-state index contributed by atoms with van der Waals surface area (Å²) in [7, 11) is 0. The Morgan fingerprint density at radius 3 is 2.37 bits per heavy atom. The standard InChI is InChI=1S/C57H43N5S/c1-4-5-16-37(2)38(3)27-30-45-33-41-19-9-12-24-50(41)62(45)57-59-55(58-56(60-57)43-28-31-48-47-23-11-14-26-53(47)63-54(48)36-43)42-20-15-21-44(34-42)61-51-25-13-10-22-46(51)49-35-40(29-32-52(49)61)39-17-7-6-8-18-39/h4-5,7,9-27,29-36,43H,1-3,6,8,28H2/b16-5-,30-27-. The van der Waals surface area contributed by atoms with E-state index in [9.17, 15) is 0 Å². The normalized spacial score (nSPS) is 15.0. The van der Waals surface area contributed by atoms with Gasteiger partial charge in [0, 0.05) is 48.3 Å². The summed E-state index contributed by atoms with van der Waals surface area (Å²) in [6, 6.07) is 43.4. The molecule has 0 saturated heterocycles. The summed E-state index contributed by atoms with van der Waals surface area (Å²) in [6.07, 6.45) is 24.1. The first-order chi connectivity index (χ1) is 31.0. The summed E-state index contributed by atoms with van der Waals surface area (Å²) >= 11 is 1.83. The Morgan fingerprint density at radius 2 is 1.49 bits per heavy atom. The molecule has 302 valence electrons. The molecule has 0 spiro atoms. The lowest BCUT2D eigenvalue weighted by atomic mass is 9.98. The molecule has 6 heteroatoms. The predicted molar refractivity (Wildman–Crippen MR) is 267 cm³/mol. The highest BCUT2D eigenvalue weighted by Crippen LogP contribution is 2.36. The third-order valence-corrected chi connectivity index (χ3v) is 13.3. The van der Waals surface area contributed by atoms with Gasteiger partial charge in [-0.2, -0.15) is 9.97 Å². The molecule has 4 heterocycles. The molecule has 2 aliphatic carbocycles. The van der Waals surface area contributed by atoms with Crippen molar-refractivity contribution in [2.45, 2.75) is 25.2 Å². The Morgan fingerprint density at radius 1 is 0.683 bits per heavy atom. The topological polar surface area (TPSA) is 48.5 Å². The van der Waals surface area contributed by atoms with Gasteiger partial charge in [0.05, 0.1) is 16.6 Å². The average Bonchev–Trinajstić information content (AvgIpc) is 4.01. The molecule has 1 unspecified atom stereocenters. The van der Waals surface area contributed by atoms with Gasteiger partial charge >= 0.3 is 0 Å². The SMILES string of the molecule is C=C/C=C\C(=C)C(=C)/C=C\c1cc2ccccc2n1-c1nc(-c2cccc(-n3c4ccccc4c4cc(C5=CCCC=C5)ccc43)c2)nc(C2C=c3sc4ccccc4c3=CC2)n1. The fraction of sp³-hybridized carbons (Fsp3) is 0.0702. The molecule has 0 amide bonds. The molecule has 5 aromatic carbocycles. The fourth-order valence-electron chi connectivity index (χ4n) is 9.02. The number of hydrogen-bond acceptors (Lipinski definition) is 4. The predicted octanol–water partition coefficient (Wildman–Crippen LogP) is 13.1. The van der Waals surface area contributed by atoms with Crippen LogP contribution in [-0.4, -0.2) is 24.1 Å². The lowest BCUT2D eigenvalue weighted by molar-refractivity contribution is 0.784. The summed E-state index contributed by atoms with van der Waals surface area (Å²) in [5.41, 5.74) is 10.3. The van der Waals surface area contributed by atoms with E-state index in [0.717, 1.165) is 75.1 Å². The van der Waals surface area contributed by atoms with Crippen LogP contribution < -0.4 is 9.75 Å². The fourth-order valence-corrected chi connectivity index (χ4v) is 10.2. The van der Waals surface area contributed by atoms with Gasteiger partial charge in [0.1, 0.15) is 5.82 Å². The highest BCUT2D eigenvalue weighted by molar-refractivity contribution is 7.17. The van der Waals surface area contributed by atoms with Crippen molar-refractivity contribution in [1.29, 1.82) is 0 Å². The molecule has 1 atom stereocenters. The smallest absolute Gasteiger partial charge is 0.238 e. The first-order valence-corrected chi connectivity index (χ1v) is 22.3. The first kappa shape index (κ1) is 38.3. The quantitative estimate of drug-likeness (QED) is 0.129. The van der Waals surface area contributed by atoms with Gasteiger partial charge < -0.3 is 4.57 Å². The number of nitrogens with zero attached hydrogens (tertiary/aromatic N) is 5. The van der Waals surface area contributed by atoms with Crippen molar-refractivity contribution in [3.8, 4) is 23.0 Å². The molecule has 0 fully saturated rings. The van der Waals surface area contributed by atoms with Crippen molar-refractivity contribution in [1.82, 2.24) is 24.1 Å². The number of aromatic nitrogens is 5. The van der Waals surface area contributed by atoms with Gasteiger partial charge in [-0.1, -0.05) is 147 Å². The van der Waals surface area contributed by atoms with Gasteiger partial charge in [-0.15, -0.1) is 11.3 Å². The van der Waals surface area contributed by atoms with E-state index < -0.39 is 0 Å². The van der Waals surface area contributed by atoms with Crippen LogP contribution in [0.25, 0.3) is 89.6 Å². The second kappa shape index (κ2) is 16.0. The van der Waals surface area contributed by atoms with Gasteiger partial charge in [0.25, 0.3) is 0 Å². The van der Waals surface area contributed by atoms with Crippen LogP contribution in [0.5, 0.6) is 0 Å². The molecule has 2 aliphatic rings. The van der Waals surface area contributed by atoms with Crippen LogP contribution in [0.1, 0.15) is 42.3 Å². The van der Waals surface area contributed by atoms with Gasteiger partial charge in [-0.3, -0.25) is 4.57 Å². The lowest BCUT2D eigenvalue weighted by Gasteiger charge is -2.16. The van der Waals surface area contributed by atoms with Crippen molar-refractivity contribution in [3.05, 3.63) is 222 Å². The molecule has 11 rings (SSSR count). The minimum atomic E-state index is -0.0459. The van der Waals surface area contributed by atoms with E-state index in [1.54, 1.807) is 6.08 Å². The van der Waals surface area contributed by atoms with Gasteiger partial charge in [-0.25, -0.2) is 4.98 Å². The maximum absolute atomic E-state index is 5.35. The zero-order valence-electron chi connectivity index (χ0n) is 34.8. The summed E-state index contributed by atoms with van der Waals surface area (Å²) in [5.74, 6) is 1.86. The van der Waals surface area contributed by atoms with Crippen LogP contribution in [0, 0.1) is 0 Å². The Hall–Kier alpha value is -7.67. The van der Waals surface area contributed by atoms with Crippen molar-refractivity contribution in [3.63, 3.8) is 0 Å². The number of para-hydroxylation sites is 2. The number of rotatable bonds is 10. The number of allylic oxidation sites excluding steroid dienone is 10. The molecule has 0 radical (unpaired) electrons. The molecular formula is C57H43N5S. The van der Waals surface area contributed by atoms with E-state index in [2.05, 4.69) is 187 Å². The molecule has 63 heavy (non-hydrogen) atoms. The van der Waals surface area contributed by atoms with E-state index in [-0.39, 0.29) is 5.92 Å². The van der Waals surface area contributed by atoms with Gasteiger partial charge in [0.15, 0.2) is 5.82 Å². The van der Waals surface area contributed by atoms with Gasteiger partial charge in [-0.05, 0) is 107 Å². The Labute approximate surface area is 370 Å².